The molecule has 1 aromatic heterocycles. The number of halogens is 1. The maximum atomic E-state index is 11.4. The van der Waals surface area contributed by atoms with Crippen molar-refractivity contribution in [3.63, 3.8) is 0 Å². The van der Waals surface area contributed by atoms with Gasteiger partial charge in [0.1, 0.15) is 0 Å². The van der Waals surface area contributed by atoms with E-state index in [9.17, 15) is 4.79 Å². The lowest BCUT2D eigenvalue weighted by atomic mass is 10.3. The highest BCUT2D eigenvalue weighted by Gasteiger charge is 2.18. The van der Waals surface area contributed by atoms with Gasteiger partial charge in [-0.1, -0.05) is 0 Å². The van der Waals surface area contributed by atoms with Crippen molar-refractivity contribution in [2.24, 2.45) is 12.0 Å². The first-order valence-electron chi connectivity index (χ1n) is 9.18. The van der Waals surface area contributed by atoms with Crippen molar-refractivity contribution in [3.8, 4) is 0 Å². The first kappa shape index (κ1) is 20.8. The molecule has 1 saturated heterocycles. The third-order valence-corrected chi connectivity index (χ3v) is 5.10. The SMILES string of the molecule is CCNC(=NCCN1CCN(C(C)=O)CC1)N(C)Cc1cc(Br)cn1C. The van der Waals surface area contributed by atoms with Gasteiger partial charge in [0, 0.05) is 76.7 Å². The van der Waals surface area contributed by atoms with Gasteiger partial charge in [0.15, 0.2) is 5.96 Å². The van der Waals surface area contributed by atoms with Crippen LogP contribution in [0.1, 0.15) is 19.5 Å². The molecule has 1 aromatic rings. The second-order valence-electron chi connectivity index (χ2n) is 6.70. The number of rotatable bonds is 6. The van der Waals surface area contributed by atoms with Gasteiger partial charge in [-0.15, -0.1) is 0 Å². The molecule has 0 saturated carbocycles. The number of piperazine rings is 1. The number of hydrogen-bond acceptors (Lipinski definition) is 3. The van der Waals surface area contributed by atoms with E-state index in [1.165, 1.54) is 5.69 Å². The Morgan fingerprint density at radius 2 is 2.04 bits per heavy atom. The molecular formula is C18H31BrN6O. The van der Waals surface area contributed by atoms with Crippen LogP contribution in [0.3, 0.4) is 0 Å². The van der Waals surface area contributed by atoms with Gasteiger partial charge in [-0.3, -0.25) is 14.7 Å². The maximum Gasteiger partial charge on any atom is 0.219 e. The van der Waals surface area contributed by atoms with Crippen molar-refractivity contribution in [2.45, 2.75) is 20.4 Å². The first-order chi connectivity index (χ1) is 12.4. The predicted octanol–water partition coefficient (Wildman–Crippen LogP) is 1.35. The van der Waals surface area contributed by atoms with Crippen LogP contribution in [0.4, 0.5) is 0 Å². The van der Waals surface area contributed by atoms with Gasteiger partial charge >= 0.3 is 0 Å². The highest BCUT2D eigenvalue weighted by atomic mass is 79.9. The normalized spacial score (nSPS) is 16.0. The summed E-state index contributed by atoms with van der Waals surface area (Å²) in [4.78, 5) is 22.6. The Bertz CT molecular complexity index is 621. The Morgan fingerprint density at radius 1 is 1.35 bits per heavy atom. The smallest absolute Gasteiger partial charge is 0.219 e. The van der Waals surface area contributed by atoms with Crippen LogP contribution >= 0.6 is 15.9 Å². The van der Waals surface area contributed by atoms with E-state index in [0.29, 0.717) is 0 Å². The Morgan fingerprint density at radius 3 is 2.58 bits per heavy atom. The largest absolute Gasteiger partial charge is 0.357 e. The van der Waals surface area contributed by atoms with Gasteiger partial charge in [0.25, 0.3) is 0 Å². The van der Waals surface area contributed by atoms with Crippen LogP contribution in [-0.2, 0) is 18.4 Å². The third kappa shape index (κ3) is 6.02. The van der Waals surface area contributed by atoms with E-state index < -0.39 is 0 Å². The summed E-state index contributed by atoms with van der Waals surface area (Å²) in [5.74, 6) is 1.10. The zero-order valence-corrected chi connectivity index (χ0v) is 17.9. The van der Waals surface area contributed by atoms with E-state index in [2.05, 4.69) is 68.9 Å². The van der Waals surface area contributed by atoms with E-state index in [-0.39, 0.29) is 5.91 Å². The summed E-state index contributed by atoms with van der Waals surface area (Å²) in [7, 11) is 4.12. The molecule has 26 heavy (non-hydrogen) atoms. The molecular weight excluding hydrogens is 396 g/mol. The molecule has 0 aliphatic carbocycles. The van der Waals surface area contributed by atoms with Crippen LogP contribution in [0.25, 0.3) is 0 Å². The van der Waals surface area contributed by atoms with Crippen LogP contribution in [-0.4, -0.2) is 84.0 Å². The quantitative estimate of drug-likeness (QED) is 0.550. The van der Waals surface area contributed by atoms with Crippen molar-refractivity contribution >= 4 is 27.8 Å². The minimum Gasteiger partial charge on any atom is -0.357 e. The van der Waals surface area contributed by atoms with E-state index in [1.54, 1.807) is 6.92 Å². The van der Waals surface area contributed by atoms with Crippen LogP contribution in [0.5, 0.6) is 0 Å². The molecule has 0 atom stereocenters. The Balaban J connectivity index is 1.86. The lowest BCUT2D eigenvalue weighted by Crippen LogP contribution is -2.48. The number of carbonyl (C=O) groups excluding carboxylic acids is 1. The zero-order chi connectivity index (χ0) is 19.1. The number of carbonyl (C=O) groups is 1. The fourth-order valence-corrected chi connectivity index (χ4v) is 3.67. The van der Waals surface area contributed by atoms with E-state index in [1.807, 2.05) is 4.90 Å². The minimum absolute atomic E-state index is 0.172. The van der Waals surface area contributed by atoms with Crippen LogP contribution < -0.4 is 5.32 Å². The van der Waals surface area contributed by atoms with Gasteiger partial charge in [0.05, 0.1) is 13.1 Å². The molecule has 1 aliphatic rings. The van der Waals surface area contributed by atoms with Crippen molar-refractivity contribution in [1.29, 1.82) is 0 Å². The summed E-state index contributed by atoms with van der Waals surface area (Å²) >= 11 is 3.52. The Hall–Kier alpha value is -1.54. The lowest BCUT2D eigenvalue weighted by Gasteiger charge is -2.33. The second-order valence-corrected chi connectivity index (χ2v) is 7.62. The van der Waals surface area contributed by atoms with E-state index in [0.717, 1.165) is 62.8 Å². The molecule has 2 rings (SSSR count). The van der Waals surface area contributed by atoms with Gasteiger partial charge < -0.3 is 19.7 Å². The minimum atomic E-state index is 0.172. The van der Waals surface area contributed by atoms with Gasteiger partial charge in [0.2, 0.25) is 5.91 Å². The topological polar surface area (TPSA) is 56.1 Å². The first-order valence-corrected chi connectivity index (χ1v) is 9.98. The monoisotopic (exact) mass is 426 g/mol. The molecule has 1 fully saturated rings. The second kappa shape index (κ2) is 9.97. The summed E-state index contributed by atoms with van der Waals surface area (Å²) in [6.45, 7) is 10.5. The molecule has 0 unspecified atom stereocenters. The number of aromatic nitrogens is 1. The van der Waals surface area contributed by atoms with E-state index in [4.69, 9.17) is 4.99 Å². The molecule has 1 N–H and O–H groups in total. The summed E-state index contributed by atoms with van der Waals surface area (Å²) < 4.78 is 3.22. The molecule has 146 valence electrons. The fraction of sp³-hybridized carbons (Fsp3) is 0.667. The third-order valence-electron chi connectivity index (χ3n) is 4.67. The number of amides is 1. The van der Waals surface area contributed by atoms with Crippen LogP contribution in [0.15, 0.2) is 21.7 Å². The standard InChI is InChI=1S/C18H31BrN6O/c1-5-20-18(23(4)14-17-12-16(19)13-22(17)3)21-6-7-24-8-10-25(11-9-24)15(2)26/h12-13H,5-11,14H2,1-4H3,(H,20,21). The average Bonchev–Trinajstić information content (AvgIpc) is 2.91. The molecule has 2 heterocycles. The van der Waals surface area contributed by atoms with Gasteiger partial charge in [-0.2, -0.15) is 0 Å². The zero-order valence-electron chi connectivity index (χ0n) is 16.3. The van der Waals surface area contributed by atoms with Crippen molar-refractivity contribution in [3.05, 3.63) is 22.4 Å². The van der Waals surface area contributed by atoms with Crippen molar-refractivity contribution in [1.82, 2.24) is 24.6 Å². The van der Waals surface area contributed by atoms with E-state index >= 15 is 0 Å². The molecule has 1 aliphatic heterocycles. The highest BCUT2D eigenvalue weighted by Crippen LogP contribution is 2.15. The molecule has 0 aromatic carbocycles. The van der Waals surface area contributed by atoms with Gasteiger partial charge in [-0.05, 0) is 28.9 Å². The summed E-state index contributed by atoms with van der Waals surface area (Å²) in [5, 5.41) is 3.37. The number of hydrogen-bond donors (Lipinski definition) is 1. The molecule has 1 amide bonds. The van der Waals surface area contributed by atoms with Crippen LogP contribution in [0, 0.1) is 0 Å². The Kier molecular flexibility index (Phi) is 7.96. The number of nitrogens with one attached hydrogen (secondary N) is 1. The average molecular weight is 427 g/mol. The molecule has 8 heteroatoms. The Labute approximate surface area is 165 Å². The molecule has 7 nitrogen and oxygen atoms in total. The van der Waals surface area contributed by atoms with Crippen LogP contribution in [0.2, 0.25) is 0 Å². The predicted molar refractivity (Wildman–Crippen MR) is 109 cm³/mol. The molecule has 0 spiro atoms. The number of aryl methyl sites for hydroxylation is 1. The summed E-state index contributed by atoms with van der Waals surface area (Å²) in [6.07, 6.45) is 2.06. The maximum absolute atomic E-state index is 11.4. The number of aliphatic imine (C=N–C) groups is 1. The lowest BCUT2D eigenvalue weighted by molar-refractivity contribution is -0.130. The summed E-state index contributed by atoms with van der Waals surface area (Å²) in [6, 6.07) is 2.13. The fourth-order valence-electron chi connectivity index (χ4n) is 3.09. The number of guanidine groups is 1. The summed E-state index contributed by atoms with van der Waals surface area (Å²) in [5.41, 5.74) is 1.23. The highest BCUT2D eigenvalue weighted by molar-refractivity contribution is 9.10. The molecule has 0 radical (unpaired) electrons. The number of nitrogens with zero attached hydrogens (tertiary/aromatic N) is 5. The van der Waals surface area contributed by atoms with Crippen molar-refractivity contribution < 1.29 is 4.79 Å². The van der Waals surface area contributed by atoms with Gasteiger partial charge in [-0.25, -0.2) is 0 Å². The molecule has 0 bridgehead atoms. The van der Waals surface area contributed by atoms with Crippen molar-refractivity contribution in [2.75, 3.05) is 52.9 Å².